The molecule has 1 saturated heterocycles. The van der Waals surface area contributed by atoms with Gasteiger partial charge in [-0.15, -0.1) is 5.10 Å². The Morgan fingerprint density at radius 3 is 2.77 bits per heavy atom. The first-order valence-corrected chi connectivity index (χ1v) is 6.38. The molecule has 0 saturated carbocycles. The number of alkyl halides is 1. The summed E-state index contributed by atoms with van der Waals surface area (Å²) in [5.74, 6) is -0.207. The van der Waals surface area contributed by atoms with Crippen molar-refractivity contribution in [3.8, 4) is 0 Å². The Bertz CT molecular complexity index is 757. The zero-order chi connectivity index (χ0) is 16.1. The number of hydrogen-bond acceptors (Lipinski definition) is 8. The number of anilines is 1. The van der Waals surface area contributed by atoms with E-state index in [9.17, 15) is 24.5 Å². The predicted octanol–water partition coefficient (Wildman–Crippen LogP) is -2.51. The van der Waals surface area contributed by atoms with Gasteiger partial charge in [-0.3, -0.25) is 9.78 Å². The molecule has 3 atom stereocenters. The van der Waals surface area contributed by atoms with Crippen molar-refractivity contribution in [1.82, 2.24) is 19.6 Å². The highest BCUT2D eigenvalue weighted by Crippen LogP contribution is 2.41. The van der Waals surface area contributed by atoms with E-state index in [1.807, 2.05) is 0 Å². The lowest BCUT2D eigenvalue weighted by Crippen LogP contribution is -2.48. The number of imidazole rings is 1. The summed E-state index contributed by atoms with van der Waals surface area (Å²) in [5, 5.41) is 32.3. The Labute approximate surface area is 122 Å². The van der Waals surface area contributed by atoms with Crippen molar-refractivity contribution in [1.29, 1.82) is 0 Å². The molecular weight excluding hydrogens is 301 g/mol. The number of nitrogen functional groups attached to an aromatic ring is 1. The molecule has 0 radical (unpaired) electrons. The van der Waals surface area contributed by atoms with Gasteiger partial charge in [-0.2, -0.15) is 0 Å². The molecule has 1 fully saturated rings. The normalized spacial score (nSPS) is 27.5. The molecule has 0 aromatic carbocycles. The SMILES string of the molecule is Nc1nn2c([C@@H]3OC(CO)(CO)[C@@H](O)[C@H]3F)cnc2c(=O)[nH]1. The number of aromatic nitrogens is 4. The number of fused-ring (bicyclic) bond motifs is 1. The van der Waals surface area contributed by atoms with E-state index in [1.54, 1.807) is 0 Å². The van der Waals surface area contributed by atoms with Crippen molar-refractivity contribution in [3.63, 3.8) is 0 Å². The third kappa shape index (κ3) is 1.90. The molecule has 120 valence electrons. The van der Waals surface area contributed by atoms with Crippen LogP contribution in [0.15, 0.2) is 11.0 Å². The van der Waals surface area contributed by atoms with Crippen LogP contribution in [0.1, 0.15) is 11.8 Å². The Morgan fingerprint density at radius 2 is 2.18 bits per heavy atom. The second-order valence-corrected chi connectivity index (χ2v) is 5.07. The molecule has 2 aromatic heterocycles. The lowest BCUT2D eigenvalue weighted by atomic mass is 9.96. The number of aliphatic hydroxyl groups is 3. The molecule has 1 aliphatic heterocycles. The van der Waals surface area contributed by atoms with Gasteiger partial charge in [-0.1, -0.05) is 0 Å². The minimum atomic E-state index is -1.96. The molecule has 10 nitrogen and oxygen atoms in total. The van der Waals surface area contributed by atoms with E-state index >= 15 is 0 Å². The lowest BCUT2D eigenvalue weighted by Gasteiger charge is -2.27. The molecule has 0 spiro atoms. The second kappa shape index (κ2) is 4.98. The van der Waals surface area contributed by atoms with E-state index in [2.05, 4.69) is 15.1 Å². The standard InChI is InChI=1S/C11H14FN5O5/c12-5-6(22-11(2-18,3-19)7(5)20)4-1-14-8-9(21)15-10(13)16-17(4)8/h1,5-7,18-20H,2-3H2,(H3,13,15,16,21)/t5-,6-,7-/m0/s1. The average molecular weight is 315 g/mol. The van der Waals surface area contributed by atoms with Crippen LogP contribution in [0.3, 0.4) is 0 Å². The van der Waals surface area contributed by atoms with Gasteiger partial charge in [0.15, 0.2) is 6.17 Å². The fourth-order valence-electron chi connectivity index (χ4n) is 2.50. The largest absolute Gasteiger partial charge is 0.393 e. The Hall–Kier alpha value is -2.08. The topological polar surface area (TPSA) is 159 Å². The number of nitrogens with one attached hydrogen (secondary N) is 1. The molecule has 22 heavy (non-hydrogen) atoms. The van der Waals surface area contributed by atoms with Crippen molar-refractivity contribution in [3.05, 3.63) is 22.2 Å². The fourth-order valence-corrected chi connectivity index (χ4v) is 2.50. The first-order valence-electron chi connectivity index (χ1n) is 6.38. The highest BCUT2D eigenvalue weighted by atomic mass is 19.1. The number of nitrogens with zero attached hydrogens (tertiary/aromatic N) is 3. The maximum Gasteiger partial charge on any atom is 0.295 e. The minimum absolute atomic E-state index is 0.0307. The quantitative estimate of drug-likeness (QED) is 0.415. The monoisotopic (exact) mass is 315 g/mol. The van der Waals surface area contributed by atoms with Gasteiger partial charge in [-0.05, 0) is 0 Å². The molecule has 0 amide bonds. The first kappa shape index (κ1) is 14.8. The Kier molecular flexibility index (Phi) is 3.36. The van der Waals surface area contributed by atoms with Crippen molar-refractivity contribution in [2.24, 2.45) is 0 Å². The number of aromatic amines is 1. The molecule has 11 heteroatoms. The van der Waals surface area contributed by atoms with Crippen LogP contribution < -0.4 is 11.3 Å². The van der Waals surface area contributed by atoms with Crippen LogP contribution in [0, 0.1) is 0 Å². The van der Waals surface area contributed by atoms with Gasteiger partial charge in [0.25, 0.3) is 5.56 Å². The number of H-pyrrole nitrogens is 1. The highest BCUT2D eigenvalue weighted by Gasteiger charge is 2.56. The summed E-state index contributed by atoms with van der Waals surface area (Å²) >= 11 is 0. The van der Waals surface area contributed by atoms with Crippen molar-refractivity contribution >= 4 is 11.6 Å². The predicted molar refractivity (Wildman–Crippen MR) is 69.7 cm³/mol. The summed E-state index contributed by atoms with van der Waals surface area (Å²) in [6.45, 7) is -1.57. The minimum Gasteiger partial charge on any atom is -0.393 e. The summed E-state index contributed by atoms with van der Waals surface area (Å²) in [6.07, 6.45) is -3.93. The molecule has 2 aromatic rings. The summed E-state index contributed by atoms with van der Waals surface area (Å²) < 4.78 is 20.7. The van der Waals surface area contributed by atoms with E-state index in [0.717, 1.165) is 10.7 Å². The van der Waals surface area contributed by atoms with E-state index in [0.29, 0.717) is 0 Å². The lowest BCUT2D eigenvalue weighted by molar-refractivity contribution is -0.137. The highest BCUT2D eigenvalue weighted by molar-refractivity contribution is 5.39. The van der Waals surface area contributed by atoms with Gasteiger partial charge in [0.05, 0.1) is 25.1 Å². The van der Waals surface area contributed by atoms with Gasteiger partial charge in [-0.25, -0.2) is 13.9 Å². The number of ether oxygens (including phenoxy) is 1. The third-order valence-electron chi connectivity index (χ3n) is 3.74. The van der Waals surface area contributed by atoms with Crippen LogP contribution in [0.25, 0.3) is 5.65 Å². The van der Waals surface area contributed by atoms with Crippen LogP contribution in [0.5, 0.6) is 0 Å². The molecule has 0 aliphatic carbocycles. The van der Waals surface area contributed by atoms with Crippen LogP contribution in [0.4, 0.5) is 10.3 Å². The van der Waals surface area contributed by atoms with Gasteiger partial charge in [0.2, 0.25) is 11.6 Å². The zero-order valence-corrected chi connectivity index (χ0v) is 11.2. The summed E-state index contributed by atoms with van der Waals surface area (Å²) in [4.78, 5) is 17.7. The first-order chi connectivity index (χ1) is 10.4. The third-order valence-corrected chi connectivity index (χ3v) is 3.74. The number of rotatable bonds is 3. The molecule has 0 unspecified atom stereocenters. The molecular formula is C11H14FN5O5. The number of aliphatic hydroxyl groups excluding tert-OH is 3. The van der Waals surface area contributed by atoms with Gasteiger partial charge >= 0.3 is 0 Å². The smallest absolute Gasteiger partial charge is 0.295 e. The van der Waals surface area contributed by atoms with Crippen LogP contribution >= 0.6 is 0 Å². The molecule has 3 heterocycles. The summed E-state index contributed by atoms with van der Waals surface area (Å²) in [7, 11) is 0. The Morgan fingerprint density at radius 1 is 1.50 bits per heavy atom. The van der Waals surface area contributed by atoms with E-state index in [-0.39, 0.29) is 17.3 Å². The zero-order valence-electron chi connectivity index (χ0n) is 11.2. The second-order valence-electron chi connectivity index (χ2n) is 5.07. The number of hydrogen-bond donors (Lipinski definition) is 5. The van der Waals surface area contributed by atoms with E-state index in [4.69, 9.17) is 10.5 Å². The molecule has 1 aliphatic rings. The maximum absolute atomic E-state index is 14.4. The van der Waals surface area contributed by atoms with Crippen LogP contribution in [-0.2, 0) is 4.74 Å². The van der Waals surface area contributed by atoms with Crippen molar-refractivity contribution < 1.29 is 24.4 Å². The number of halogens is 1. The Balaban J connectivity index is 2.11. The molecule has 0 bridgehead atoms. The fraction of sp³-hybridized carbons (Fsp3) is 0.545. The van der Waals surface area contributed by atoms with E-state index in [1.165, 1.54) is 0 Å². The molecule has 3 rings (SSSR count). The molecule has 6 N–H and O–H groups in total. The summed E-state index contributed by atoms with van der Waals surface area (Å²) in [5.41, 5.74) is 2.88. The summed E-state index contributed by atoms with van der Waals surface area (Å²) in [6, 6.07) is 0. The van der Waals surface area contributed by atoms with Crippen LogP contribution in [-0.4, -0.2) is 66.0 Å². The van der Waals surface area contributed by atoms with Crippen molar-refractivity contribution in [2.75, 3.05) is 18.9 Å². The van der Waals surface area contributed by atoms with Gasteiger partial charge in [0, 0.05) is 0 Å². The van der Waals surface area contributed by atoms with Crippen molar-refractivity contribution in [2.45, 2.75) is 24.0 Å². The van der Waals surface area contributed by atoms with Gasteiger partial charge < -0.3 is 25.8 Å². The maximum atomic E-state index is 14.4. The van der Waals surface area contributed by atoms with Gasteiger partial charge in [0.1, 0.15) is 17.8 Å². The van der Waals surface area contributed by atoms with Crippen LogP contribution in [0.2, 0.25) is 0 Å². The average Bonchev–Trinajstić information content (AvgIpc) is 3.01. The number of nitrogens with two attached hydrogens (primary N) is 1. The van der Waals surface area contributed by atoms with E-state index < -0.39 is 42.8 Å².